The fraction of sp³-hybridized carbons (Fsp3) is 0.100. The van der Waals surface area contributed by atoms with Crippen LogP contribution >= 0.6 is 11.6 Å². The highest BCUT2D eigenvalue weighted by atomic mass is 35.5. The van der Waals surface area contributed by atoms with Gasteiger partial charge in [-0.05, 0) is 35.9 Å². The molecule has 89 valence electrons. The van der Waals surface area contributed by atoms with Gasteiger partial charge in [-0.1, -0.05) is 0 Å². The minimum Gasteiger partial charge on any atom is -0.406 e. The highest BCUT2D eigenvalue weighted by Gasteiger charge is 2.31. The zero-order valence-corrected chi connectivity index (χ0v) is 8.96. The molecule has 1 aromatic carbocycles. The van der Waals surface area contributed by atoms with Crippen molar-refractivity contribution >= 4 is 22.6 Å². The van der Waals surface area contributed by atoms with Crippen molar-refractivity contribution in [3.8, 4) is 5.75 Å². The van der Waals surface area contributed by atoms with Gasteiger partial charge in [0.25, 0.3) is 0 Å². The molecule has 0 amide bonds. The molecule has 1 aromatic rings. The lowest BCUT2D eigenvalue weighted by atomic mass is 10.2. The SMILES string of the molecule is FC(F)(F)Oc1ccc(C2=C[N]C(Cl)=N2)cc1. The van der Waals surface area contributed by atoms with Crippen LogP contribution in [0.25, 0.3) is 5.70 Å². The van der Waals surface area contributed by atoms with E-state index in [4.69, 9.17) is 11.6 Å². The third-order valence-electron chi connectivity index (χ3n) is 1.89. The lowest BCUT2D eigenvalue weighted by Gasteiger charge is -2.08. The molecule has 0 bridgehead atoms. The fourth-order valence-corrected chi connectivity index (χ4v) is 1.38. The third-order valence-corrected chi connectivity index (χ3v) is 2.07. The van der Waals surface area contributed by atoms with Crippen molar-refractivity contribution in [2.75, 3.05) is 0 Å². The monoisotopic (exact) mass is 261 g/mol. The van der Waals surface area contributed by atoms with Gasteiger partial charge in [0.05, 0.1) is 11.9 Å². The molecule has 0 saturated carbocycles. The molecule has 0 unspecified atom stereocenters. The minimum absolute atomic E-state index is 0.0932. The van der Waals surface area contributed by atoms with Crippen molar-refractivity contribution < 1.29 is 17.9 Å². The van der Waals surface area contributed by atoms with Gasteiger partial charge in [0.2, 0.25) is 5.29 Å². The fourth-order valence-electron chi connectivity index (χ4n) is 1.24. The van der Waals surface area contributed by atoms with Crippen LogP contribution in [0.2, 0.25) is 0 Å². The molecule has 0 aliphatic carbocycles. The summed E-state index contributed by atoms with van der Waals surface area (Å²) < 4.78 is 39.5. The van der Waals surface area contributed by atoms with Gasteiger partial charge in [0.15, 0.2) is 0 Å². The van der Waals surface area contributed by atoms with E-state index in [0.29, 0.717) is 11.3 Å². The quantitative estimate of drug-likeness (QED) is 0.754. The summed E-state index contributed by atoms with van der Waals surface area (Å²) in [6, 6.07) is 5.29. The number of amidine groups is 1. The summed E-state index contributed by atoms with van der Waals surface area (Å²) in [5.41, 5.74) is 1.10. The molecule has 0 N–H and O–H groups in total. The molecule has 7 heteroatoms. The zero-order chi connectivity index (χ0) is 12.5. The normalized spacial score (nSPS) is 15.1. The first-order valence-electron chi connectivity index (χ1n) is 4.45. The summed E-state index contributed by atoms with van der Waals surface area (Å²) in [4.78, 5) is 3.88. The Morgan fingerprint density at radius 3 is 2.24 bits per heavy atom. The van der Waals surface area contributed by atoms with Crippen LogP contribution in [0.3, 0.4) is 0 Å². The third kappa shape index (κ3) is 3.13. The molecule has 1 aliphatic heterocycles. The number of hydrogen-bond donors (Lipinski definition) is 0. The Kier molecular flexibility index (Phi) is 2.97. The maximum Gasteiger partial charge on any atom is 0.573 e. The number of hydrogen-bond acceptors (Lipinski definition) is 2. The Labute approximate surface area is 99.6 Å². The van der Waals surface area contributed by atoms with Crippen molar-refractivity contribution in [3.05, 3.63) is 36.0 Å². The molecular formula is C10H5ClF3N2O. The molecule has 0 spiro atoms. The Balaban J connectivity index is 2.14. The van der Waals surface area contributed by atoms with Crippen LogP contribution in [0.5, 0.6) is 5.75 Å². The van der Waals surface area contributed by atoms with E-state index in [1.54, 1.807) is 0 Å². The van der Waals surface area contributed by atoms with E-state index in [9.17, 15) is 13.2 Å². The van der Waals surface area contributed by atoms with Crippen molar-refractivity contribution in [1.29, 1.82) is 0 Å². The van der Waals surface area contributed by atoms with Crippen LogP contribution in [0.1, 0.15) is 5.56 Å². The van der Waals surface area contributed by atoms with E-state index in [2.05, 4.69) is 15.0 Å². The molecule has 0 saturated heterocycles. The van der Waals surface area contributed by atoms with Crippen molar-refractivity contribution in [2.45, 2.75) is 6.36 Å². The first kappa shape index (κ1) is 11.8. The second-order valence-electron chi connectivity index (χ2n) is 3.10. The Hall–Kier alpha value is -1.69. The van der Waals surface area contributed by atoms with E-state index >= 15 is 0 Å². The molecular weight excluding hydrogens is 257 g/mol. The molecule has 3 nitrogen and oxygen atoms in total. The average Bonchev–Trinajstić information content (AvgIpc) is 2.63. The van der Waals surface area contributed by atoms with E-state index in [-0.39, 0.29) is 11.0 Å². The smallest absolute Gasteiger partial charge is 0.406 e. The van der Waals surface area contributed by atoms with Crippen LogP contribution in [-0.2, 0) is 0 Å². The van der Waals surface area contributed by atoms with Gasteiger partial charge < -0.3 is 4.74 Å². The van der Waals surface area contributed by atoms with Crippen LogP contribution < -0.4 is 10.1 Å². The summed E-state index contributed by atoms with van der Waals surface area (Å²) >= 11 is 5.53. The number of halogens is 4. The summed E-state index contributed by atoms with van der Waals surface area (Å²) in [7, 11) is 0. The second kappa shape index (κ2) is 4.29. The topological polar surface area (TPSA) is 35.7 Å². The van der Waals surface area contributed by atoms with Crippen LogP contribution in [0.15, 0.2) is 35.5 Å². The maximum atomic E-state index is 11.9. The molecule has 1 radical (unpaired) electrons. The van der Waals surface area contributed by atoms with Gasteiger partial charge in [-0.25, -0.2) is 10.3 Å². The van der Waals surface area contributed by atoms with Crippen molar-refractivity contribution in [3.63, 3.8) is 0 Å². The zero-order valence-electron chi connectivity index (χ0n) is 8.20. The number of benzene rings is 1. The second-order valence-corrected chi connectivity index (χ2v) is 3.43. The molecule has 2 rings (SSSR count). The van der Waals surface area contributed by atoms with E-state index in [0.717, 1.165) is 0 Å². The molecule has 0 atom stereocenters. The molecule has 17 heavy (non-hydrogen) atoms. The lowest BCUT2D eigenvalue weighted by Crippen LogP contribution is -2.16. The largest absolute Gasteiger partial charge is 0.573 e. The molecule has 0 fully saturated rings. The van der Waals surface area contributed by atoms with Gasteiger partial charge in [-0.3, -0.25) is 0 Å². The Morgan fingerprint density at radius 1 is 1.12 bits per heavy atom. The standard InChI is InChI=1S/C10H5ClF3N2O/c11-9-15-5-8(16-9)6-1-3-7(4-2-6)17-10(12,13)14/h1-5H. The van der Waals surface area contributed by atoms with Gasteiger partial charge in [0, 0.05) is 5.56 Å². The Bertz CT molecular complexity index is 479. The highest BCUT2D eigenvalue weighted by Crippen LogP contribution is 2.26. The van der Waals surface area contributed by atoms with Gasteiger partial charge >= 0.3 is 6.36 Å². The Morgan fingerprint density at radius 2 is 1.76 bits per heavy atom. The number of alkyl halides is 3. The number of nitrogens with zero attached hydrogens (tertiary/aromatic N) is 2. The van der Waals surface area contributed by atoms with Crippen LogP contribution in [0.4, 0.5) is 13.2 Å². The summed E-state index contributed by atoms with van der Waals surface area (Å²) in [6.45, 7) is 0. The summed E-state index contributed by atoms with van der Waals surface area (Å²) in [6.07, 6.45) is -3.26. The van der Waals surface area contributed by atoms with E-state index < -0.39 is 6.36 Å². The number of rotatable bonds is 2. The molecule has 1 aliphatic rings. The van der Waals surface area contributed by atoms with E-state index in [1.165, 1.54) is 30.5 Å². The predicted molar refractivity (Wildman–Crippen MR) is 56.5 cm³/mol. The number of ether oxygens (including phenoxy) is 1. The summed E-state index contributed by atoms with van der Waals surface area (Å²) in [5, 5.41) is 3.81. The number of aliphatic imine (C=N–C) groups is 1. The van der Waals surface area contributed by atoms with Crippen LogP contribution in [0, 0.1) is 0 Å². The van der Waals surface area contributed by atoms with Crippen LogP contribution in [-0.4, -0.2) is 11.7 Å². The minimum atomic E-state index is -4.69. The maximum absolute atomic E-state index is 11.9. The van der Waals surface area contributed by atoms with Crippen molar-refractivity contribution in [1.82, 2.24) is 5.32 Å². The first-order valence-corrected chi connectivity index (χ1v) is 4.83. The highest BCUT2D eigenvalue weighted by molar-refractivity contribution is 6.65. The van der Waals surface area contributed by atoms with Gasteiger partial charge in [-0.2, -0.15) is 0 Å². The van der Waals surface area contributed by atoms with Gasteiger partial charge in [-0.15, -0.1) is 13.2 Å². The lowest BCUT2D eigenvalue weighted by molar-refractivity contribution is -0.274. The summed E-state index contributed by atoms with van der Waals surface area (Å²) in [5.74, 6) is -0.285. The van der Waals surface area contributed by atoms with Gasteiger partial charge in [0.1, 0.15) is 5.75 Å². The molecule has 0 aromatic heterocycles. The molecule has 1 heterocycles. The first-order chi connectivity index (χ1) is 7.94. The van der Waals surface area contributed by atoms with Crippen molar-refractivity contribution in [2.24, 2.45) is 4.99 Å². The van der Waals surface area contributed by atoms with E-state index in [1.807, 2.05) is 0 Å². The predicted octanol–water partition coefficient (Wildman–Crippen LogP) is 3.10. The average molecular weight is 262 g/mol.